The van der Waals surface area contributed by atoms with E-state index in [1.807, 2.05) is 0 Å². The molecule has 3 N–H and O–H groups in total. The molecule has 0 radical (unpaired) electrons. The second-order valence-corrected chi connectivity index (χ2v) is 1.11. The summed E-state index contributed by atoms with van der Waals surface area (Å²) >= 11 is 0. The zero-order valence-electron chi connectivity index (χ0n) is 3.55. The molecule has 0 bridgehead atoms. The lowest BCUT2D eigenvalue weighted by Crippen LogP contribution is -2.24. The first-order valence-electron chi connectivity index (χ1n) is 1.75. The van der Waals surface area contributed by atoms with Crippen LogP contribution in [0, 0.1) is 5.41 Å². The van der Waals surface area contributed by atoms with Gasteiger partial charge in [-0.1, -0.05) is 0 Å². The second-order valence-electron chi connectivity index (χ2n) is 1.11. The maximum atomic E-state index is 6.68. The Morgan fingerprint density at radius 3 is 2.43 bits per heavy atom. The first-order valence-corrected chi connectivity index (χ1v) is 1.75. The van der Waals surface area contributed by atoms with Crippen LogP contribution in [-0.4, -0.2) is 18.0 Å². The van der Waals surface area contributed by atoms with Crippen molar-refractivity contribution in [1.29, 1.82) is 5.41 Å². The van der Waals surface area contributed by atoms with Crippen LogP contribution in [0.4, 0.5) is 0 Å². The van der Waals surface area contributed by atoms with Gasteiger partial charge in [-0.05, 0) is 0 Å². The number of nitrogens with one attached hydrogen (secondary N) is 1. The summed E-state index contributed by atoms with van der Waals surface area (Å²) in [7, 11) is 0. The average Bonchev–Trinajstić information content (AvgIpc) is 1.23. The van der Waals surface area contributed by atoms with Crippen LogP contribution in [0.2, 0.25) is 0 Å². The van der Waals surface area contributed by atoms with E-state index in [0.29, 0.717) is 5.84 Å². The van der Waals surface area contributed by atoms with Crippen molar-refractivity contribution in [3.63, 3.8) is 0 Å². The molecule has 0 atom stereocenters. The smallest absolute Gasteiger partial charge is 0.197 e. The molecule has 36 valence electrons. The maximum Gasteiger partial charge on any atom is 0.197 e. The third-order valence-corrected chi connectivity index (χ3v) is 0.601. The Bertz CT molecular complexity index is 154. The van der Waals surface area contributed by atoms with Crippen molar-refractivity contribution in [2.75, 3.05) is 0 Å². The SMILES string of the molecule is N=C(N)C1=NC=N1. The Balaban J connectivity index is 2.60. The fourth-order valence-corrected chi connectivity index (χ4v) is 0.255. The summed E-state index contributed by atoms with van der Waals surface area (Å²) < 4.78 is 0. The Labute approximate surface area is 40.3 Å². The monoisotopic (exact) mass is 96.0 g/mol. The number of aliphatic imine (C=N–C) groups is 2. The molecule has 0 unspecified atom stereocenters. The standard InChI is InChI=1S/C3H4N4/c4-2(5)3-6-1-7-3/h1H,(H3,4,5). The fourth-order valence-electron chi connectivity index (χ4n) is 0.255. The Morgan fingerprint density at radius 1 is 1.86 bits per heavy atom. The van der Waals surface area contributed by atoms with Crippen LogP contribution in [0.15, 0.2) is 9.98 Å². The Hall–Kier alpha value is -1.19. The third kappa shape index (κ3) is 0.489. The summed E-state index contributed by atoms with van der Waals surface area (Å²) in [5.74, 6) is 0.266. The van der Waals surface area contributed by atoms with E-state index in [1.54, 1.807) is 0 Å². The molecule has 0 amide bonds. The number of nitrogens with zero attached hydrogens (tertiary/aromatic N) is 2. The van der Waals surface area contributed by atoms with E-state index in [-0.39, 0.29) is 5.84 Å². The quantitative estimate of drug-likeness (QED) is 0.330. The zero-order chi connectivity index (χ0) is 5.28. The lowest BCUT2D eigenvalue weighted by atomic mass is 10.5. The second kappa shape index (κ2) is 1.14. The zero-order valence-corrected chi connectivity index (χ0v) is 3.55. The molecule has 1 aliphatic rings. The molecular formula is C3H4N4. The van der Waals surface area contributed by atoms with Gasteiger partial charge in [0, 0.05) is 0 Å². The lowest BCUT2D eigenvalue weighted by molar-refractivity contribution is 1.43. The average molecular weight is 96.1 g/mol. The molecule has 0 fully saturated rings. The number of hydrogen-bond donors (Lipinski definition) is 2. The van der Waals surface area contributed by atoms with Crippen LogP contribution in [0.1, 0.15) is 0 Å². The molecule has 0 saturated heterocycles. The van der Waals surface area contributed by atoms with Gasteiger partial charge in [0.25, 0.3) is 0 Å². The normalized spacial score (nSPS) is 15.1. The Morgan fingerprint density at radius 2 is 2.43 bits per heavy atom. The van der Waals surface area contributed by atoms with Gasteiger partial charge in [-0.15, -0.1) is 0 Å². The predicted octanol–water partition coefficient (Wildman–Crippen LogP) is -0.637. The van der Waals surface area contributed by atoms with Crippen molar-refractivity contribution in [2.24, 2.45) is 15.7 Å². The van der Waals surface area contributed by atoms with E-state index >= 15 is 0 Å². The van der Waals surface area contributed by atoms with Crippen LogP contribution in [-0.2, 0) is 0 Å². The molecule has 4 heteroatoms. The predicted molar refractivity (Wildman–Crippen MR) is 27.8 cm³/mol. The summed E-state index contributed by atoms with van der Waals surface area (Å²) in [6.07, 6.45) is 1.36. The summed E-state index contributed by atoms with van der Waals surface area (Å²) in [5.41, 5.74) is 4.94. The van der Waals surface area contributed by atoms with Crippen molar-refractivity contribution >= 4 is 18.0 Å². The van der Waals surface area contributed by atoms with Crippen molar-refractivity contribution in [2.45, 2.75) is 0 Å². The highest BCUT2D eigenvalue weighted by Gasteiger charge is 2.02. The van der Waals surface area contributed by atoms with E-state index in [9.17, 15) is 0 Å². The van der Waals surface area contributed by atoms with Gasteiger partial charge in [0.05, 0.1) is 0 Å². The summed E-state index contributed by atoms with van der Waals surface area (Å²) in [5, 5.41) is 6.68. The van der Waals surface area contributed by atoms with Crippen LogP contribution in [0.25, 0.3) is 0 Å². The van der Waals surface area contributed by atoms with E-state index in [0.717, 1.165) is 0 Å². The third-order valence-electron chi connectivity index (χ3n) is 0.601. The fraction of sp³-hybridized carbons (Fsp3) is 0. The highest BCUT2D eigenvalue weighted by molar-refractivity contribution is 6.43. The summed E-state index contributed by atoms with van der Waals surface area (Å²) in [4.78, 5) is 7.09. The van der Waals surface area contributed by atoms with Gasteiger partial charge in [-0.2, -0.15) is 0 Å². The molecule has 0 aliphatic carbocycles. The lowest BCUT2D eigenvalue weighted by Gasteiger charge is -1.98. The van der Waals surface area contributed by atoms with Gasteiger partial charge < -0.3 is 5.73 Å². The molecule has 0 aromatic rings. The van der Waals surface area contributed by atoms with E-state index in [4.69, 9.17) is 11.1 Å². The molecule has 7 heavy (non-hydrogen) atoms. The van der Waals surface area contributed by atoms with Crippen molar-refractivity contribution in [3.8, 4) is 0 Å². The minimum Gasteiger partial charge on any atom is -0.381 e. The van der Waals surface area contributed by atoms with Gasteiger partial charge in [-0.3, -0.25) is 5.41 Å². The van der Waals surface area contributed by atoms with Gasteiger partial charge in [0.2, 0.25) is 0 Å². The van der Waals surface area contributed by atoms with Crippen LogP contribution >= 0.6 is 0 Å². The molecule has 0 saturated carbocycles. The minimum atomic E-state index is -0.0671. The Kier molecular flexibility index (Phi) is 0.651. The van der Waals surface area contributed by atoms with Crippen LogP contribution in [0.3, 0.4) is 0 Å². The van der Waals surface area contributed by atoms with Gasteiger partial charge in [-0.25, -0.2) is 9.98 Å². The van der Waals surface area contributed by atoms with Gasteiger partial charge in [0.1, 0.15) is 6.34 Å². The van der Waals surface area contributed by atoms with E-state index in [2.05, 4.69) is 9.98 Å². The first kappa shape index (κ1) is 3.98. The highest BCUT2D eigenvalue weighted by Crippen LogP contribution is 1.86. The van der Waals surface area contributed by atoms with E-state index < -0.39 is 0 Å². The first-order chi connectivity index (χ1) is 3.30. The van der Waals surface area contributed by atoms with E-state index in [1.165, 1.54) is 6.34 Å². The molecule has 0 aromatic heterocycles. The minimum absolute atomic E-state index is 0.0671. The van der Waals surface area contributed by atoms with Gasteiger partial charge in [0.15, 0.2) is 11.7 Å². The molecule has 1 rings (SSSR count). The molecule has 1 aliphatic heterocycles. The highest BCUT2D eigenvalue weighted by atomic mass is 15.1. The summed E-state index contributed by atoms with van der Waals surface area (Å²) in [6, 6.07) is 0. The van der Waals surface area contributed by atoms with Gasteiger partial charge >= 0.3 is 0 Å². The molecule has 1 heterocycles. The van der Waals surface area contributed by atoms with Crippen molar-refractivity contribution < 1.29 is 0 Å². The van der Waals surface area contributed by atoms with Crippen LogP contribution in [0.5, 0.6) is 0 Å². The number of amidine groups is 2. The number of nitrogens with two attached hydrogens (primary N) is 1. The summed E-state index contributed by atoms with van der Waals surface area (Å²) in [6.45, 7) is 0. The number of hydrogen-bond acceptors (Lipinski definition) is 3. The number of rotatable bonds is 1. The molecular weight excluding hydrogens is 92.1 g/mol. The van der Waals surface area contributed by atoms with Crippen molar-refractivity contribution in [1.82, 2.24) is 0 Å². The van der Waals surface area contributed by atoms with Crippen LogP contribution < -0.4 is 5.73 Å². The van der Waals surface area contributed by atoms with Crippen molar-refractivity contribution in [3.05, 3.63) is 0 Å². The molecule has 0 spiro atoms. The molecule has 4 nitrogen and oxygen atoms in total. The largest absolute Gasteiger partial charge is 0.381 e. The maximum absolute atomic E-state index is 6.68. The molecule has 0 aromatic carbocycles. The topological polar surface area (TPSA) is 74.6 Å².